The SMILES string of the molecule is CCc1cc(CC(=O)O)c(C#N)cc1O. The van der Waals surface area contributed by atoms with Crippen LogP contribution in [-0.4, -0.2) is 16.2 Å². The standard InChI is InChI=1S/C11H11NO3/c1-2-7-3-8(5-11(14)15)9(6-12)4-10(7)13/h3-4,13H,2,5H2,1H3,(H,14,15). The Morgan fingerprint density at radius 2 is 2.13 bits per heavy atom. The molecule has 0 aliphatic rings. The van der Waals surface area contributed by atoms with Crippen molar-refractivity contribution in [1.82, 2.24) is 0 Å². The molecule has 4 nitrogen and oxygen atoms in total. The largest absolute Gasteiger partial charge is 0.508 e. The van der Waals surface area contributed by atoms with E-state index in [4.69, 9.17) is 10.4 Å². The Morgan fingerprint density at radius 3 is 2.60 bits per heavy atom. The number of nitrogens with zero attached hydrogens (tertiary/aromatic N) is 1. The van der Waals surface area contributed by atoms with Gasteiger partial charge in [-0.3, -0.25) is 4.79 Å². The molecule has 4 heteroatoms. The van der Waals surface area contributed by atoms with E-state index in [9.17, 15) is 9.90 Å². The Morgan fingerprint density at radius 1 is 1.47 bits per heavy atom. The fourth-order valence-corrected chi connectivity index (χ4v) is 1.38. The van der Waals surface area contributed by atoms with Crippen LogP contribution in [0.25, 0.3) is 0 Å². The van der Waals surface area contributed by atoms with E-state index in [1.54, 1.807) is 6.07 Å². The highest BCUT2D eigenvalue weighted by Gasteiger charge is 2.10. The highest BCUT2D eigenvalue weighted by Crippen LogP contribution is 2.23. The average molecular weight is 205 g/mol. The van der Waals surface area contributed by atoms with E-state index >= 15 is 0 Å². The van der Waals surface area contributed by atoms with Gasteiger partial charge in [0.1, 0.15) is 5.75 Å². The lowest BCUT2D eigenvalue weighted by Crippen LogP contribution is -2.03. The molecule has 0 heterocycles. The summed E-state index contributed by atoms with van der Waals surface area (Å²) in [7, 11) is 0. The van der Waals surface area contributed by atoms with Crippen molar-refractivity contribution in [3.05, 3.63) is 28.8 Å². The van der Waals surface area contributed by atoms with Crippen LogP contribution >= 0.6 is 0 Å². The smallest absolute Gasteiger partial charge is 0.307 e. The third kappa shape index (κ3) is 2.47. The van der Waals surface area contributed by atoms with Gasteiger partial charge in [0.05, 0.1) is 18.1 Å². The fraction of sp³-hybridized carbons (Fsp3) is 0.273. The van der Waals surface area contributed by atoms with E-state index in [0.29, 0.717) is 17.5 Å². The van der Waals surface area contributed by atoms with E-state index < -0.39 is 5.97 Å². The number of phenolic OH excluding ortho intramolecular Hbond substituents is 1. The summed E-state index contributed by atoms with van der Waals surface area (Å²) in [6, 6.07) is 4.76. The predicted octanol–water partition coefficient (Wildman–Crippen LogP) is 1.45. The predicted molar refractivity (Wildman–Crippen MR) is 53.5 cm³/mol. The molecule has 0 radical (unpaired) electrons. The van der Waals surface area contributed by atoms with E-state index in [-0.39, 0.29) is 17.7 Å². The van der Waals surface area contributed by atoms with Crippen molar-refractivity contribution in [1.29, 1.82) is 5.26 Å². The molecule has 0 amide bonds. The van der Waals surface area contributed by atoms with Crippen LogP contribution in [0.1, 0.15) is 23.6 Å². The molecule has 0 atom stereocenters. The maximum atomic E-state index is 10.5. The summed E-state index contributed by atoms with van der Waals surface area (Å²) in [5.74, 6) is -0.942. The zero-order valence-electron chi connectivity index (χ0n) is 8.32. The number of aliphatic carboxylic acids is 1. The van der Waals surface area contributed by atoms with Crippen LogP contribution in [0.3, 0.4) is 0 Å². The van der Waals surface area contributed by atoms with E-state index in [2.05, 4.69) is 0 Å². The Balaban J connectivity index is 3.24. The number of benzene rings is 1. The maximum absolute atomic E-state index is 10.5. The number of nitriles is 1. The second-order valence-electron chi connectivity index (χ2n) is 3.17. The summed E-state index contributed by atoms with van der Waals surface area (Å²) in [5, 5.41) is 26.9. The quantitative estimate of drug-likeness (QED) is 0.782. The van der Waals surface area contributed by atoms with Gasteiger partial charge in [-0.05, 0) is 23.6 Å². The Hall–Kier alpha value is -2.02. The molecule has 0 aromatic heterocycles. The van der Waals surface area contributed by atoms with Crippen LogP contribution in [0.5, 0.6) is 5.75 Å². The number of aromatic hydroxyl groups is 1. The second kappa shape index (κ2) is 4.47. The van der Waals surface area contributed by atoms with Crippen LogP contribution < -0.4 is 0 Å². The molecule has 1 aromatic rings. The molecule has 2 N–H and O–H groups in total. The van der Waals surface area contributed by atoms with Gasteiger partial charge in [-0.1, -0.05) is 13.0 Å². The second-order valence-corrected chi connectivity index (χ2v) is 3.17. The first-order valence-corrected chi connectivity index (χ1v) is 4.55. The number of rotatable bonds is 3. The topological polar surface area (TPSA) is 81.3 Å². The molecule has 0 aliphatic heterocycles. The molecule has 0 bridgehead atoms. The zero-order valence-corrected chi connectivity index (χ0v) is 8.32. The van der Waals surface area contributed by atoms with Crippen molar-refractivity contribution in [2.24, 2.45) is 0 Å². The Labute approximate surface area is 87.4 Å². The number of phenols is 1. The van der Waals surface area contributed by atoms with Crippen LogP contribution in [-0.2, 0) is 17.6 Å². The highest BCUT2D eigenvalue weighted by atomic mass is 16.4. The van der Waals surface area contributed by atoms with Crippen LogP contribution in [0.15, 0.2) is 12.1 Å². The Kier molecular flexibility index (Phi) is 3.29. The van der Waals surface area contributed by atoms with Crippen molar-refractivity contribution in [3.8, 4) is 11.8 Å². The number of carboxylic acid groups (broad SMARTS) is 1. The lowest BCUT2D eigenvalue weighted by atomic mass is 10.00. The molecule has 15 heavy (non-hydrogen) atoms. The summed E-state index contributed by atoms with van der Waals surface area (Å²) in [4.78, 5) is 10.5. The fourth-order valence-electron chi connectivity index (χ4n) is 1.38. The molecule has 1 aromatic carbocycles. The zero-order chi connectivity index (χ0) is 11.4. The summed E-state index contributed by atoms with van der Waals surface area (Å²) >= 11 is 0. The third-order valence-electron chi connectivity index (χ3n) is 2.15. The van der Waals surface area contributed by atoms with Crippen molar-refractivity contribution in [2.75, 3.05) is 0 Å². The monoisotopic (exact) mass is 205 g/mol. The van der Waals surface area contributed by atoms with Gasteiger partial charge in [0, 0.05) is 0 Å². The Bertz CT molecular complexity index is 432. The molecule has 0 unspecified atom stereocenters. The summed E-state index contributed by atoms with van der Waals surface area (Å²) in [6.45, 7) is 1.85. The minimum absolute atomic E-state index is 0.0446. The van der Waals surface area contributed by atoms with Crippen molar-refractivity contribution in [2.45, 2.75) is 19.8 Å². The number of hydrogen-bond acceptors (Lipinski definition) is 3. The van der Waals surface area contributed by atoms with Gasteiger partial charge in [0.15, 0.2) is 0 Å². The molecule has 1 rings (SSSR count). The van der Waals surface area contributed by atoms with E-state index in [1.807, 2.05) is 13.0 Å². The van der Waals surface area contributed by atoms with Gasteiger partial charge in [0.2, 0.25) is 0 Å². The van der Waals surface area contributed by atoms with Gasteiger partial charge in [-0.25, -0.2) is 0 Å². The number of carboxylic acids is 1. The van der Waals surface area contributed by atoms with E-state index in [0.717, 1.165) is 0 Å². The number of aryl methyl sites for hydroxylation is 1. The first-order chi connectivity index (χ1) is 7.08. The molecular formula is C11H11NO3. The van der Waals surface area contributed by atoms with Crippen molar-refractivity contribution >= 4 is 5.97 Å². The minimum atomic E-state index is -0.987. The summed E-state index contributed by atoms with van der Waals surface area (Å²) < 4.78 is 0. The van der Waals surface area contributed by atoms with Crippen LogP contribution in [0, 0.1) is 11.3 Å². The number of carbonyl (C=O) groups is 1. The maximum Gasteiger partial charge on any atom is 0.307 e. The molecule has 0 saturated heterocycles. The molecular weight excluding hydrogens is 194 g/mol. The molecule has 0 saturated carbocycles. The lowest BCUT2D eigenvalue weighted by Gasteiger charge is -2.06. The molecule has 0 aliphatic carbocycles. The van der Waals surface area contributed by atoms with Crippen molar-refractivity contribution < 1.29 is 15.0 Å². The minimum Gasteiger partial charge on any atom is -0.508 e. The summed E-state index contributed by atoms with van der Waals surface area (Å²) in [6.07, 6.45) is 0.403. The van der Waals surface area contributed by atoms with Crippen molar-refractivity contribution in [3.63, 3.8) is 0 Å². The first kappa shape index (κ1) is 11.1. The third-order valence-corrected chi connectivity index (χ3v) is 2.15. The normalized spacial score (nSPS) is 9.60. The molecule has 78 valence electrons. The molecule has 0 fully saturated rings. The van der Waals surface area contributed by atoms with Gasteiger partial charge in [0.25, 0.3) is 0 Å². The average Bonchev–Trinajstić information content (AvgIpc) is 2.19. The summed E-state index contributed by atoms with van der Waals surface area (Å²) in [5.41, 5.74) is 1.32. The van der Waals surface area contributed by atoms with Crippen LogP contribution in [0.4, 0.5) is 0 Å². The van der Waals surface area contributed by atoms with Gasteiger partial charge < -0.3 is 10.2 Å². The van der Waals surface area contributed by atoms with Gasteiger partial charge >= 0.3 is 5.97 Å². The lowest BCUT2D eigenvalue weighted by molar-refractivity contribution is -0.136. The highest BCUT2D eigenvalue weighted by molar-refractivity contribution is 5.71. The van der Waals surface area contributed by atoms with E-state index in [1.165, 1.54) is 6.07 Å². The molecule has 0 spiro atoms. The first-order valence-electron chi connectivity index (χ1n) is 4.55. The van der Waals surface area contributed by atoms with Crippen LogP contribution in [0.2, 0.25) is 0 Å². The van der Waals surface area contributed by atoms with Gasteiger partial charge in [-0.2, -0.15) is 5.26 Å². The number of hydrogen-bond donors (Lipinski definition) is 2. The van der Waals surface area contributed by atoms with Gasteiger partial charge in [-0.15, -0.1) is 0 Å².